The number of anilines is 3. The molecule has 0 aliphatic carbocycles. The van der Waals surface area contributed by atoms with E-state index in [4.69, 9.17) is 0 Å². The minimum Gasteiger partial charge on any atom is -0.396 e. The molecule has 0 aromatic heterocycles. The molecule has 0 atom stereocenters. The summed E-state index contributed by atoms with van der Waals surface area (Å²) >= 11 is 0. The van der Waals surface area contributed by atoms with E-state index >= 15 is 0 Å². The SMILES string of the molecule is Cc1ccc(N(c2ccc(CCO)cc2)c2ccc(-c3ccccc3)cc2)cc1. The molecule has 29 heavy (non-hydrogen) atoms. The Balaban J connectivity index is 1.73. The van der Waals surface area contributed by atoms with Crippen molar-refractivity contribution in [2.24, 2.45) is 0 Å². The van der Waals surface area contributed by atoms with E-state index in [1.165, 1.54) is 16.7 Å². The molecule has 4 aromatic rings. The molecule has 144 valence electrons. The van der Waals surface area contributed by atoms with E-state index in [-0.39, 0.29) is 6.61 Å². The van der Waals surface area contributed by atoms with Crippen LogP contribution in [0.1, 0.15) is 11.1 Å². The molecule has 0 fully saturated rings. The van der Waals surface area contributed by atoms with Gasteiger partial charge in [-0.2, -0.15) is 0 Å². The summed E-state index contributed by atoms with van der Waals surface area (Å²) in [4.78, 5) is 2.26. The highest BCUT2D eigenvalue weighted by Gasteiger charge is 2.12. The van der Waals surface area contributed by atoms with Crippen LogP contribution in [0.25, 0.3) is 11.1 Å². The minimum atomic E-state index is 0.169. The van der Waals surface area contributed by atoms with Gasteiger partial charge in [0.05, 0.1) is 0 Å². The highest BCUT2D eigenvalue weighted by atomic mass is 16.2. The summed E-state index contributed by atoms with van der Waals surface area (Å²) in [5.41, 5.74) is 8.14. The molecule has 1 N–H and O–H groups in total. The molecule has 0 heterocycles. The van der Waals surface area contributed by atoms with Crippen molar-refractivity contribution in [3.63, 3.8) is 0 Å². The van der Waals surface area contributed by atoms with Crippen LogP contribution >= 0.6 is 0 Å². The van der Waals surface area contributed by atoms with Crippen molar-refractivity contribution in [2.45, 2.75) is 13.3 Å². The van der Waals surface area contributed by atoms with Gasteiger partial charge in [0.2, 0.25) is 0 Å². The molecule has 4 aromatic carbocycles. The largest absolute Gasteiger partial charge is 0.396 e. The fourth-order valence-electron chi connectivity index (χ4n) is 3.52. The first kappa shape index (κ1) is 19.0. The first-order valence-corrected chi connectivity index (χ1v) is 9.97. The number of nitrogens with zero attached hydrogens (tertiary/aromatic N) is 1. The van der Waals surface area contributed by atoms with E-state index < -0.39 is 0 Å². The van der Waals surface area contributed by atoms with Crippen molar-refractivity contribution < 1.29 is 5.11 Å². The Labute approximate surface area is 172 Å². The number of hydrogen-bond donors (Lipinski definition) is 1. The standard InChI is InChI=1S/C27H25NO/c1-21-7-13-25(14-8-21)28(26-15-9-22(10-16-26)19-20-29)27-17-11-24(12-18-27)23-5-3-2-4-6-23/h2-18,29H,19-20H2,1H3. The highest BCUT2D eigenvalue weighted by Crippen LogP contribution is 2.35. The van der Waals surface area contributed by atoms with Gasteiger partial charge in [-0.15, -0.1) is 0 Å². The Hall–Kier alpha value is -3.36. The predicted octanol–water partition coefficient (Wildman–Crippen LogP) is 6.67. The lowest BCUT2D eigenvalue weighted by molar-refractivity contribution is 0.299. The van der Waals surface area contributed by atoms with Crippen LogP contribution in [0.2, 0.25) is 0 Å². The van der Waals surface area contributed by atoms with E-state index in [2.05, 4.69) is 109 Å². The molecule has 2 nitrogen and oxygen atoms in total. The first-order chi connectivity index (χ1) is 14.2. The summed E-state index contributed by atoms with van der Waals surface area (Å²) < 4.78 is 0. The van der Waals surface area contributed by atoms with Gasteiger partial charge in [-0.05, 0) is 66.4 Å². The van der Waals surface area contributed by atoms with Crippen LogP contribution in [0.3, 0.4) is 0 Å². The summed E-state index contributed by atoms with van der Waals surface area (Å²) in [5.74, 6) is 0. The van der Waals surface area contributed by atoms with Crippen LogP contribution < -0.4 is 4.90 Å². The van der Waals surface area contributed by atoms with Crippen LogP contribution in [0, 0.1) is 6.92 Å². The second-order valence-corrected chi connectivity index (χ2v) is 7.22. The number of benzene rings is 4. The van der Waals surface area contributed by atoms with Crippen molar-refractivity contribution in [2.75, 3.05) is 11.5 Å². The van der Waals surface area contributed by atoms with Gasteiger partial charge in [0.1, 0.15) is 0 Å². The molecular weight excluding hydrogens is 354 g/mol. The number of aliphatic hydroxyl groups excluding tert-OH is 1. The van der Waals surface area contributed by atoms with Gasteiger partial charge in [-0.25, -0.2) is 0 Å². The molecule has 0 unspecified atom stereocenters. The Morgan fingerprint density at radius 2 is 1.07 bits per heavy atom. The summed E-state index contributed by atoms with van der Waals surface area (Å²) in [7, 11) is 0. The van der Waals surface area contributed by atoms with E-state index in [0.717, 1.165) is 22.6 Å². The van der Waals surface area contributed by atoms with Gasteiger partial charge in [-0.1, -0.05) is 72.3 Å². The smallest absolute Gasteiger partial charge is 0.0471 e. The summed E-state index contributed by atoms with van der Waals surface area (Å²) in [6.07, 6.45) is 0.677. The van der Waals surface area contributed by atoms with Crippen molar-refractivity contribution in [3.05, 3.63) is 114 Å². The van der Waals surface area contributed by atoms with Gasteiger partial charge < -0.3 is 10.0 Å². The van der Waals surface area contributed by atoms with Crippen LogP contribution in [0.15, 0.2) is 103 Å². The average molecular weight is 380 g/mol. The van der Waals surface area contributed by atoms with Crippen LogP contribution in [-0.4, -0.2) is 11.7 Å². The zero-order chi connectivity index (χ0) is 20.1. The second-order valence-electron chi connectivity index (χ2n) is 7.22. The third kappa shape index (κ3) is 4.39. The maximum atomic E-state index is 9.19. The Bertz CT molecular complexity index is 1040. The van der Waals surface area contributed by atoms with Gasteiger partial charge in [0, 0.05) is 23.7 Å². The van der Waals surface area contributed by atoms with E-state index in [0.29, 0.717) is 6.42 Å². The average Bonchev–Trinajstić information content (AvgIpc) is 2.78. The zero-order valence-electron chi connectivity index (χ0n) is 16.6. The maximum Gasteiger partial charge on any atom is 0.0471 e. The van der Waals surface area contributed by atoms with Crippen molar-refractivity contribution in [1.82, 2.24) is 0 Å². The lowest BCUT2D eigenvalue weighted by Crippen LogP contribution is -2.10. The molecule has 0 radical (unpaired) electrons. The molecule has 0 amide bonds. The summed E-state index contributed by atoms with van der Waals surface area (Å²) in [6.45, 7) is 2.27. The molecule has 4 rings (SSSR count). The molecule has 0 spiro atoms. The summed E-state index contributed by atoms with van der Waals surface area (Å²) in [6, 6.07) is 36.1. The predicted molar refractivity (Wildman–Crippen MR) is 122 cm³/mol. The van der Waals surface area contributed by atoms with E-state index in [1.54, 1.807) is 0 Å². The lowest BCUT2D eigenvalue weighted by Gasteiger charge is -2.26. The van der Waals surface area contributed by atoms with E-state index in [9.17, 15) is 5.11 Å². The zero-order valence-corrected chi connectivity index (χ0v) is 16.6. The number of hydrogen-bond acceptors (Lipinski definition) is 2. The number of aliphatic hydroxyl groups is 1. The van der Waals surface area contributed by atoms with Crippen LogP contribution in [-0.2, 0) is 6.42 Å². The third-order valence-electron chi connectivity index (χ3n) is 5.12. The van der Waals surface area contributed by atoms with Crippen LogP contribution in [0.5, 0.6) is 0 Å². The first-order valence-electron chi connectivity index (χ1n) is 9.97. The van der Waals surface area contributed by atoms with Gasteiger partial charge in [-0.3, -0.25) is 0 Å². The molecule has 0 saturated heterocycles. The molecule has 0 saturated carbocycles. The number of rotatable bonds is 6. The van der Waals surface area contributed by atoms with Gasteiger partial charge in [0.15, 0.2) is 0 Å². The normalized spacial score (nSPS) is 10.7. The van der Waals surface area contributed by atoms with Crippen molar-refractivity contribution in [1.29, 1.82) is 0 Å². The fraction of sp³-hybridized carbons (Fsp3) is 0.111. The topological polar surface area (TPSA) is 23.5 Å². The molecule has 0 aliphatic heterocycles. The monoisotopic (exact) mass is 379 g/mol. The lowest BCUT2D eigenvalue weighted by atomic mass is 10.0. The third-order valence-corrected chi connectivity index (χ3v) is 5.12. The number of aryl methyl sites for hydroxylation is 1. The molecule has 2 heteroatoms. The Morgan fingerprint density at radius 3 is 1.62 bits per heavy atom. The van der Waals surface area contributed by atoms with Gasteiger partial charge >= 0.3 is 0 Å². The molecule has 0 bridgehead atoms. The minimum absolute atomic E-state index is 0.169. The van der Waals surface area contributed by atoms with E-state index in [1.807, 2.05) is 6.07 Å². The molecular formula is C27H25NO. The second kappa shape index (κ2) is 8.76. The molecule has 0 aliphatic rings. The Morgan fingerprint density at radius 1 is 0.586 bits per heavy atom. The maximum absolute atomic E-state index is 9.19. The summed E-state index contributed by atoms with van der Waals surface area (Å²) in [5, 5.41) is 9.19. The quantitative estimate of drug-likeness (QED) is 0.404. The highest BCUT2D eigenvalue weighted by molar-refractivity contribution is 5.78. The van der Waals surface area contributed by atoms with Crippen molar-refractivity contribution in [3.8, 4) is 11.1 Å². The fourth-order valence-corrected chi connectivity index (χ4v) is 3.52. The van der Waals surface area contributed by atoms with Crippen LogP contribution in [0.4, 0.5) is 17.1 Å². The Kier molecular flexibility index (Phi) is 5.73. The van der Waals surface area contributed by atoms with Crippen molar-refractivity contribution >= 4 is 17.1 Å². The van der Waals surface area contributed by atoms with Gasteiger partial charge in [0.25, 0.3) is 0 Å².